The van der Waals surface area contributed by atoms with Crippen molar-refractivity contribution in [3.8, 4) is 0 Å². The summed E-state index contributed by atoms with van der Waals surface area (Å²) in [5.74, 6) is -3.07. The van der Waals surface area contributed by atoms with E-state index in [2.05, 4.69) is 10.6 Å². The van der Waals surface area contributed by atoms with Gasteiger partial charge in [0.25, 0.3) is 5.91 Å². The van der Waals surface area contributed by atoms with Gasteiger partial charge in [-0.3, -0.25) is 19.3 Å². The van der Waals surface area contributed by atoms with Crippen molar-refractivity contribution in [1.29, 1.82) is 0 Å². The summed E-state index contributed by atoms with van der Waals surface area (Å²) in [7, 11) is 0. The minimum atomic E-state index is -1.38. The van der Waals surface area contributed by atoms with Crippen LogP contribution in [0.2, 0.25) is 0 Å². The second-order valence-electron chi connectivity index (χ2n) is 8.31. The van der Waals surface area contributed by atoms with Crippen molar-refractivity contribution in [3.05, 3.63) is 89.9 Å². The van der Waals surface area contributed by atoms with Crippen LogP contribution in [0.3, 0.4) is 0 Å². The molecule has 9 heteroatoms. The molecule has 1 saturated carbocycles. The van der Waals surface area contributed by atoms with Crippen LogP contribution in [0.5, 0.6) is 0 Å². The van der Waals surface area contributed by atoms with Gasteiger partial charge in [-0.25, -0.2) is 8.78 Å². The van der Waals surface area contributed by atoms with E-state index >= 15 is 0 Å². The van der Waals surface area contributed by atoms with Crippen molar-refractivity contribution < 1.29 is 27.6 Å². The van der Waals surface area contributed by atoms with Crippen molar-refractivity contribution >= 4 is 23.4 Å². The minimum Gasteiger partial charge on any atom is -0.459 e. The van der Waals surface area contributed by atoms with Crippen molar-refractivity contribution in [1.82, 2.24) is 10.6 Å². The quantitative estimate of drug-likeness (QED) is 0.506. The Morgan fingerprint density at radius 1 is 0.971 bits per heavy atom. The van der Waals surface area contributed by atoms with Crippen LogP contribution in [0.1, 0.15) is 47.8 Å². The van der Waals surface area contributed by atoms with Gasteiger partial charge in [0.1, 0.15) is 17.7 Å². The highest BCUT2D eigenvalue weighted by Crippen LogP contribution is 2.31. The topological polar surface area (TPSA) is 91.7 Å². The molecule has 0 bridgehead atoms. The van der Waals surface area contributed by atoms with E-state index in [9.17, 15) is 23.2 Å². The Morgan fingerprint density at radius 2 is 1.69 bits per heavy atom. The summed E-state index contributed by atoms with van der Waals surface area (Å²) in [4.78, 5) is 40.4. The molecule has 3 aromatic rings. The number of nitrogens with zero attached hydrogens (tertiary/aromatic N) is 1. The summed E-state index contributed by atoms with van der Waals surface area (Å²) in [6.45, 7) is -0.501. The van der Waals surface area contributed by atoms with E-state index in [0.717, 1.165) is 42.7 Å². The predicted molar refractivity (Wildman–Crippen MR) is 124 cm³/mol. The Labute approximate surface area is 201 Å². The monoisotopic (exact) mass is 481 g/mol. The summed E-state index contributed by atoms with van der Waals surface area (Å²) in [6, 6.07) is 12.1. The number of hydrogen-bond acceptors (Lipinski definition) is 4. The van der Waals surface area contributed by atoms with Gasteiger partial charge >= 0.3 is 0 Å². The van der Waals surface area contributed by atoms with Crippen LogP contribution < -0.4 is 15.5 Å². The lowest BCUT2D eigenvalue weighted by Crippen LogP contribution is -2.49. The lowest BCUT2D eigenvalue weighted by Gasteiger charge is -2.32. The van der Waals surface area contributed by atoms with Crippen molar-refractivity contribution in [3.63, 3.8) is 0 Å². The summed E-state index contributed by atoms with van der Waals surface area (Å²) in [6.07, 6.45) is 4.84. The average molecular weight is 481 g/mol. The standard InChI is InChI=1S/C26H25F2N3O4/c27-17-11-13-19(14-12-17)31(23(32)16-29-25(33)22-10-5-15-35-22)24(20-8-3-4-9-21(20)28)26(34)30-18-6-1-2-7-18/h3-5,8-15,18,24H,1-2,6-7,16H2,(H,29,33)(H,30,34)/t24-/m1/s1. The first kappa shape index (κ1) is 24.1. The zero-order valence-electron chi connectivity index (χ0n) is 18.9. The van der Waals surface area contributed by atoms with E-state index in [0.29, 0.717) is 0 Å². The number of halogens is 2. The van der Waals surface area contributed by atoms with Gasteiger partial charge in [-0.15, -0.1) is 0 Å². The number of nitrogens with one attached hydrogen (secondary N) is 2. The van der Waals surface area contributed by atoms with E-state index in [1.807, 2.05) is 0 Å². The largest absolute Gasteiger partial charge is 0.459 e. The number of furan rings is 1. The van der Waals surface area contributed by atoms with Crippen LogP contribution in [0.25, 0.3) is 0 Å². The molecule has 35 heavy (non-hydrogen) atoms. The molecule has 0 radical (unpaired) electrons. The molecule has 4 rings (SSSR count). The molecule has 1 aliphatic rings. The van der Waals surface area contributed by atoms with Crippen LogP contribution in [0.15, 0.2) is 71.3 Å². The summed E-state index contributed by atoms with van der Waals surface area (Å²) in [5.41, 5.74) is 0.163. The van der Waals surface area contributed by atoms with E-state index in [4.69, 9.17) is 4.42 Å². The van der Waals surface area contributed by atoms with Crippen LogP contribution in [0.4, 0.5) is 14.5 Å². The number of anilines is 1. The van der Waals surface area contributed by atoms with E-state index in [1.54, 1.807) is 6.07 Å². The molecule has 3 amide bonds. The predicted octanol–water partition coefficient (Wildman–Crippen LogP) is 4.12. The normalized spacial score (nSPS) is 14.3. The Kier molecular flexibility index (Phi) is 7.54. The van der Waals surface area contributed by atoms with Gasteiger partial charge in [-0.05, 0) is 55.3 Å². The molecule has 2 N–H and O–H groups in total. The van der Waals surface area contributed by atoms with Crippen LogP contribution in [0, 0.1) is 11.6 Å². The van der Waals surface area contributed by atoms with Crippen molar-refractivity contribution in [2.45, 2.75) is 37.8 Å². The molecular weight excluding hydrogens is 456 g/mol. The molecular formula is C26H25F2N3O4. The maximum atomic E-state index is 15.0. The highest BCUT2D eigenvalue weighted by molar-refractivity contribution is 6.04. The Morgan fingerprint density at radius 3 is 2.34 bits per heavy atom. The molecule has 1 atom stereocenters. The number of rotatable bonds is 8. The third kappa shape index (κ3) is 5.74. The zero-order chi connectivity index (χ0) is 24.8. The smallest absolute Gasteiger partial charge is 0.287 e. The first-order chi connectivity index (χ1) is 16.9. The average Bonchev–Trinajstić information content (AvgIpc) is 3.57. The fourth-order valence-electron chi connectivity index (χ4n) is 4.22. The van der Waals surface area contributed by atoms with Gasteiger partial charge in [0.05, 0.1) is 12.8 Å². The number of hydrogen-bond donors (Lipinski definition) is 2. The van der Waals surface area contributed by atoms with Crippen LogP contribution >= 0.6 is 0 Å². The first-order valence-corrected chi connectivity index (χ1v) is 11.4. The minimum absolute atomic E-state index is 0.00997. The van der Waals surface area contributed by atoms with Gasteiger partial charge in [-0.2, -0.15) is 0 Å². The van der Waals surface area contributed by atoms with E-state index in [1.165, 1.54) is 48.7 Å². The molecule has 182 valence electrons. The van der Waals surface area contributed by atoms with Gasteiger partial charge < -0.3 is 15.1 Å². The fraction of sp³-hybridized carbons (Fsp3) is 0.269. The van der Waals surface area contributed by atoms with Crippen LogP contribution in [-0.4, -0.2) is 30.3 Å². The molecule has 0 spiro atoms. The number of amides is 3. The maximum absolute atomic E-state index is 15.0. The zero-order valence-corrected chi connectivity index (χ0v) is 18.9. The molecule has 2 aromatic carbocycles. The Bertz CT molecular complexity index is 1180. The Hall–Kier alpha value is -4.01. The molecule has 7 nitrogen and oxygen atoms in total. The van der Waals surface area contributed by atoms with Crippen molar-refractivity contribution in [2.75, 3.05) is 11.4 Å². The molecule has 1 aliphatic carbocycles. The third-order valence-corrected chi connectivity index (χ3v) is 5.93. The SMILES string of the molecule is O=C(NCC(=O)N(c1ccc(F)cc1)[C@@H](C(=O)NC1CCCC1)c1ccccc1F)c1ccco1. The summed E-state index contributed by atoms with van der Waals surface area (Å²) >= 11 is 0. The van der Waals surface area contributed by atoms with Gasteiger partial charge in [0, 0.05) is 17.3 Å². The van der Waals surface area contributed by atoms with E-state index in [-0.39, 0.29) is 23.1 Å². The lowest BCUT2D eigenvalue weighted by molar-refractivity contribution is -0.126. The molecule has 0 aliphatic heterocycles. The summed E-state index contributed by atoms with van der Waals surface area (Å²) in [5, 5.41) is 5.39. The van der Waals surface area contributed by atoms with Gasteiger partial charge in [0.15, 0.2) is 5.76 Å². The maximum Gasteiger partial charge on any atom is 0.287 e. The first-order valence-electron chi connectivity index (χ1n) is 11.4. The molecule has 0 unspecified atom stereocenters. The highest BCUT2D eigenvalue weighted by Gasteiger charge is 2.36. The van der Waals surface area contributed by atoms with Gasteiger partial charge in [0.2, 0.25) is 11.8 Å². The molecule has 1 aromatic heterocycles. The fourth-order valence-corrected chi connectivity index (χ4v) is 4.22. The summed E-state index contributed by atoms with van der Waals surface area (Å²) < 4.78 is 33.7. The molecule has 1 heterocycles. The van der Waals surface area contributed by atoms with Crippen molar-refractivity contribution in [2.24, 2.45) is 0 Å². The lowest BCUT2D eigenvalue weighted by atomic mass is 10.0. The number of carbonyl (C=O) groups is 3. The third-order valence-electron chi connectivity index (χ3n) is 5.93. The van der Waals surface area contributed by atoms with Crippen LogP contribution in [-0.2, 0) is 9.59 Å². The molecule has 0 saturated heterocycles. The van der Waals surface area contributed by atoms with Gasteiger partial charge in [-0.1, -0.05) is 31.0 Å². The Balaban J connectivity index is 1.69. The highest BCUT2D eigenvalue weighted by atomic mass is 19.1. The number of benzene rings is 2. The number of carbonyl (C=O) groups excluding carboxylic acids is 3. The molecule has 1 fully saturated rings. The second-order valence-corrected chi connectivity index (χ2v) is 8.31. The second kappa shape index (κ2) is 10.9. The van der Waals surface area contributed by atoms with E-state index < -0.39 is 41.9 Å².